The standard InChI is InChI=1S/C17H26N2O/c1-13(2)11-19-10-9-16(12-19)17(20)18-14(3)15-7-5-4-6-8-15/h4-8,13-14,16H,9-12H2,1-3H3,(H,18,20)/t14-,16-/m1/s1. The summed E-state index contributed by atoms with van der Waals surface area (Å²) < 4.78 is 0. The molecule has 1 amide bonds. The Kier molecular flexibility index (Phi) is 5.18. The van der Waals surface area contributed by atoms with Gasteiger partial charge < -0.3 is 10.2 Å². The molecule has 1 aromatic carbocycles. The van der Waals surface area contributed by atoms with Crippen LogP contribution in [0.3, 0.4) is 0 Å². The van der Waals surface area contributed by atoms with Gasteiger partial charge in [0.1, 0.15) is 0 Å². The molecule has 3 heteroatoms. The fourth-order valence-electron chi connectivity index (χ4n) is 2.89. The van der Waals surface area contributed by atoms with Crippen molar-refractivity contribution >= 4 is 5.91 Å². The van der Waals surface area contributed by atoms with Crippen LogP contribution >= 0.6 is 0 Å². The maximum Gasteiger partial charge on any atom is 0.224 e. The Morgan fingerprint density at radius 3 is 2.65 bits per heavy atom. The van der Waals surface area contributed by atoms with Gasteiger partial charge in [0.15, 0.2) is 0 Å². The second kappa shape index (κ2) is 6.89. The Morgan fingerprint density at radius 1 is 1.30 bits per heavy atom. The maximum atomic E-state index is 12.3. The third-order valence-corrected chi connectivity index (χ3v) is 3.92. The number of benzene rings is 1. The van der Waals surface area contributed by atoms with Crippen molar-refractivity contribution in [2.75, 3.05) is 19.6 Å². The average Bonchev–Trinajstić information content (AvgIpc) is 2.87. The number of rotatable bonds is 5. The highest BCUT2D eigenvalue weighted by Crippen LogP contribution is 2.19. The molecule has 0 saturated carbocycles. The number of hydrogen-bond donors (Lipinski definition) is 1. The van der Waals surface area contributed by atoms with Crippen molar-refractivity contribution in [3.8, 4) is 0 Å². The van der Waals surface area contributed by atoms with E-state index in [4.69, 9.17) is 0 Å². The molecule has 1 aromatic rings. The van der Waals surface area contributed by atoms with Gasteiger partial charge in [-0.15, -0.1) is 0 Å². The van der Waals surface area contributed by atoms with Crippen LogP contribution in [0.1, 0.15) is 38.8 Å². The first-order chi connectivity index (χ1) is 9.56. The smallest absolute Gasteiger partial charge is 0.224 e. The number of amides is 1. The molecule has 0 aliphatic carbocycles. The van der Waals surface area contributed by atoms with Crippen LogP contribution in [-0.4, -0.2) is 30.4 Å². The Bertz CT molecular complexity index is 430. The van der Waals surface area contributed by atoms with Crippen molar-refractivity contribution in [1.82, 2.24) is 10.2 Å². The summed E-state index contributed by atoms with van der Waals surface area (Å²) in [6.45, 7) is 9.56. The lowest BCUT2D eigenvalue weighted by atomic mass is 10.1. The molecular weight excluding hydrogens is 248 g/mol. The lowest BCUT2D eigenvalue weighted by molar-refractivity contribution is -0.125. The number of carbonyl (C=O) groups is 1. The highest BCUT2D eigenvalue weighted by molar-refractivity contribution is 5.79. The molecule has 1 fully saturated rings. The second-order valence-electron chi connectivity index (χ2n) is 6.28. The third kappa shape index (κ3) is 4.07. The molecule has 2 atom stereocenters. The highest BCUT2D eigenvalue weighted by Gasteiger charge is 2.29. The van der Waals surface area contributed by atoms with E-state index in [1.165, 1.54) is 0 Å². The average molecular weight is 274 g/mol. The van der Waals surface area contributed by atoms with Crippen LogP contribution in [0.25, 0.3) is 0 Å². The molecule has 110 valence electrons. The molecule has 1 saturated heterocycles. The second-order valence-corrected chi connectivity index (χ2v) is 6.28. The molecule has 0 unspecified atom stereocenters. The number of hydrogen-bond acceptors (Lipinski definition) is 2. The molecule has 0 spiro atoms. The zero-order valence-corrected chi connectivity index (χ0v) is 12.8. The summed E-state index contributed by atoms with van der Waals surface area (Å²) in [4.78, 5) is 14.7. The van der Waals surface area contributed by atoms with Gasteiger partial charge in [0, 0.05) is 13.1 Å². The SMILES string of the molecule is CC(C)CN1CC[C@@H](C(=O)N[C@H](C)c2ccccc2)C1. The summed E-state index contributed by atoms with van der Waals surface area (Å²) >= 11 is 0. The Morgan fingerprint density at radius 2 is 2.00 bits per heavy atom. The molecule has 0 bridgehead atoms. The van der Waals surface area contributed by atoms with Gasteiger partial charge in [-0.3, -0.25) is 4.79 Å². The predicted molar refractivity (Wildman–Crippen MR) is 82.4 cm³/mol. The zero-order valence-electron chi connectivity index (χ0n) is 12.8. The Balaban J connectivity index is 1.84. The quantitative estimate of drug-likeness (QED) is 0.895. The van der Waals surface area contributed by atoms with E-state index in [9.17, 15) is 4.79 Å². The molecule has 3 nitrogen and oxygen atoms in total. The van der Waals surface area contributed by atoms with Gasteiger partial charge in [-0.2, -0.15) is 0 Å². The monoisotopic (exact) mass is 274 g/mol. The summed E-state index contributed by atoms with van der Waals surface area (Å²) in [5.41, 5.74) is 1.16. The minimum Gasteiger partial charge on any atom is -0.349 e. The van der Waals surface area contributed by atoms with Gasteiger partial charge in [-0.05, 0) is 31.4 Å². The first-order valence-electron chi connectivity index (χ1n) is 7.64. The van der Waals surface area contributed by atoms with Crippen molar-refractivity contribution in [3.05, 3.63) is 35.9 Å². The number of nitrogens with zero attached hydrogens (tertiary/aromatic N) is 1. The highest BCUT2D eigenvalue weighted by atomic mass is 16.2. The molecular formula is C17H26N2O. The van der Waals surface area contributed by atoms with Crippen molar-refractivity contribution in [3.63, 3.8) is 0 Å². The van der Waals surface area contributed by atoms with Crippen LogP contribution in [0.15, 0.2) is 30.3 Å². The summed E-state index contributed by atoms with van der Waals surface area (Å²) in [7, 11) is 0. The Hall–Kier alpha value is -1.35. The largest absolute Gasteiger partial charge is 0.349 e. The van der Waals surface area contributed by atoms with Gasteiger partial charge in [-0.25, -0.2) is 0 Å². The van der Waals surface area contributed by atoms with Crippen LogP contribution in [0.5, 0.6) is 0 Å². The summed E-state index contributed by atoms with van der Waals surface area (Å²) in [6, 6.07) is 10.2. The molecule has 1 aliphatic rings. The fraction of sp³-hybridized carbons (Fsp3) is 0.588. The van der Waals surface area contributed by atoms with E-state index in [1.807, 2.05) is 25.1 Å². The van der Waals surface area contributed by atoms with E-state index in [-0.39, 0.29) is 17.9 Å². The fourth-order valence-corrected chi connectivity index (χ4v) is 2.89. The summed E-state index contributed by atoms with van der Waals surface area (Å²) in [5, 5.41) is 3.15. The molecule has 20 heavy (non-hydrogen) atoms. The molecule has 2 rings (SSSR count). The van der Waals surface area contributed by atoms with E-state index >= 15 is 0 Å². The van der Waals surface area contributed by atoms with Crippen LogP contribution in [0, 0.1) is 11.8 Å². The van der Waals surface area contributed by atoms with E-state index in [0.717, 1.165) is 31.6 Å². The van der Waals surface area contributed by atoms with Gasteiger partial charge >= 0.3 is 0 Å². The molecule has 1 aliphatic heterocycles. The predicted octanol–water partition coefficient (Wildman–Crippen LogP) is 2.84. The minimum atomic E-state index is 0.0860. The van der Waals surface area contributed by atoms with Crippen LogP contribution in [-0.2, 0) is 4.79 Å². The van der Waals surface area contributed by atoms with Crippen LogP contribution in [0.4, 0.5) is 0 Å². The number of likely N-dealkylation sites (tertiary alicyclic amines) is 1. The van der Waals surface area contributed by atoms with Gasteiger partial charge in [-0.1, -0.05) is 44.2 Å². The van der Waals surface area contributed by atoms with Crippen LogP contribution < -0.4 is 5.32 Å². The van der Waals surface area contributed by atoms with Gasteiger partial charge in [0.25, 0.3) is 0 Å². The van der Waals surface area contributed by atoms with Gasteiger partial charge in [0.05, 0.1) is 12.0 Å². The maximum absolute atomic E-state index is 12.3. The molecule has 0 aromatic heterocycles. The number of carbonyl (C=O) groups excluding carboxylic acids is 1. The summed E-state index contributed by atoms with van der Waals surface area (Å²) in [5.74, 6) is 1.02. The van der Waals surface area contributed by atoms with E-state index in [1.54, 1.807) is 0 Å². The topological polar surface area (TPSA) is 32.3 Å². The zero-order chi connectivity index (χ0) is 14.5. The summed E-state index contributed by atoms with van der Waals surface area (Å²) in [6.07, 6.45) is 0.986. The third-order valence-electron chi connectivity index (χ3n) is 3.92. The van der Waals surface area contributed by atoms with Crippen molar-refractivity contribution in [2.24, 2.45) is 11.8 Å². The normalized spacial score (nSPS) is 21.1. The van der Waals surface area contributed by atoms with Crippen molar-refractivity contribution in [2.45, 2.75) is 33.2 Å². The first kappa shape index (κ1) is 15.0. The van der Waals surface area contributed by atoms with Gasteiger partial charge in [0.2, 0.25) is 5.91 Å². The number of nitrogens with one attached hydrogen (secondary N) is 1. The van der Waals surface area contributed by atoms with Crippen molar-refractivity contribution < 1.29 is 4.79 Å². The van der Waals surface area contributed by atoms with E-state index in [2.05, 4.69) is 36.2 Å². The first-order valence-corrected chi connectivity index (χ1v) is 7.64. The van der Waals surface area contributed by atoms with Crippen molar-refractivity contribution in [1.29, 1.82) is 0 Å². The van der Waals surface area contributed by atoms with E-state index < -0.39 is 0 Å². The molecule has 1 N–H and O–H groups in total. The van der Waals surface area contributed by atoms with E-state index in [0.29, 0.717) is 5.92 Å². The minimum absolute atomic E-state index is 0.0860. The lowest BCUT2D eigenvalue weighted by Crippen LogP contribution is -2.35. The molecule has 0 radical (unpaired) electrons. The Labute approximate surface area is 122 Å². The lowest BCUT2D eigenvalue weighted by Gasteiger charge is -2.19. The van der Waals surface area contributed by atoms with Crippen LogP contribution in [0.2, 0.25) is 0 Å². The molecule has 1 heterocycles.